The van der Waals surface area contributed by atoms with Gasteiger partial charge in [-0.2, -0.15) is 0 Å². The van der Waals surface area contributed by atoms with Crippen molar-refractivity contribution in [3.63, 3.8) is 0 Å². The molecule has 0 fully saturated rings. The first kappa shape index (κ1) is 54.3. The zero-order chi connectivity index (χ0) is 41.7. The number of rotatable bonds is 41. The van der Waals surface area contributed by atoms with Crippen LogP contribution in [0, 0.1) is 0 Å². The Balaban J connectivity index is 4.73. The summed E-state index contributed by atoms with van der Waals surface area (Å²) in [7, 11) is 0. The Morgan fingerprint density at radius 1 is 0.544 bits per heavy atom. The fraction of sp³-hybridized carbons (Fsp3) is 0.725. The van der Waals surface area contributed by atoms with Crippen LogP contribution in [0.2, 0.25) is 0 Å². The number of nitrogens with one attached hydrogen (secondary N) is 1. The molecule has 3 unspecified atom stereocenters. The number of hydrogen-bond acceptors (Lipinski definition) is 5. The molecule has 1 amide bonds. The first-order valence-corrected chi connectivity index (χ1v) is 23.7. The average Bonchev–Trinajstić information content (AvgIpc) is 3.20. The van der Waals surface area contributed by atoms with Crippen LogP contribution in [-0.2, 0) is 14.3 Å². The molecule has 57 heavy (non-hydrogen) atoms. The number of carbonyl (C=O) groups is 2. The van der Waals surface area contributed by atoms with E-state index in [1.54, 1.807) is 0 Å². The van der Waals surface area contributed by atoms with Gasteiger partial charge in [0.15, 0.2) is 0 Å². The van der Waals surface area contributed by atoms with E-state index < -0.39 is 18.2 Å². The minimum absolute atomic E-state index is 0.0402. The minimum atomic E-state index is -0.802. The predicted molar refractivity (Wildman–Crippen MR) is 245 cm³/mol. The van der Waals surface area contributed by atoms with Crippen molar-refractivity contribution in [3.8, 4) is 0 Å². The highest BCUT2D eigenvalue weighted by Gasteiger charge is 2.24. The van der Waals surface area contributed by atoms with E-state index in [4.69, 9.17) is 4.74 Å². The summed E-state index contributed by atoms with van der Waals surface area (Å²) >= 11 is 0. The number of aliphatic hydroxyl groups is 2. The van der Waals surface area contributed by atoms with Crippen LogP contribution in [0.4, 0.5) is 0 Å². The smallest absolute Gasteiger partial charge is 0.306 e. The highest BCUT2D eigenvalue weighted by Crippen LogP contribution is 2.16. The fourth-order valence-electron chi connectivity index (χ4n) is 6.73. The van der Waals surface area contributed by atoms with Crippen molar-refractivity contribution in [1.29, 1.82) is 0 Å². The van der Waals surface area contributed by atoms with Gasteiger partial charge in [-0.25, -0.2) is 0 Å². The number of allylic oxidation sites excluding steroid dienone is 12. The highest BCUT2D eigenvalue weighted by molar-refractivity contribution is 5.77. The summed E-state index contributed by atoms with van der Waals surface area (Å²) < 4.78 is 5.88. The molecule has 0 aliphatic rings. The third-order valence-corrected chi connectivity index (χ3v) is 10.3. The lowest BCUT2D eigenvalue weighted by Crippen LogP contribution is -2.46. The molecule has 0 saturated carbocycles. The first-order valence-electron chi connectivity index (χ1n) is 23.7. The summed E-state index contributed by atoms with van der Waals surface area (Å²) in [6.07, 6.45) is 55.3. The molecule has 0 aliphatic carbocycles. The monoisotopic (exact) mass is 796 g/mol. The first-order chi connectivity index (χ1) is 28.0. The Hall–Kier alpha value is -2.70. The van der Waals surface area contributed by atoms with Crippen LogP contribution in [0.5, 0.6) is 0 Å². The van der Waals surface area contributed by atoms with Gasteiger partial charge in [0.25, 0.3) is 0 Å². The predicted octanol–water partition coefficient (Wildman–Crippen LogP) is 13.8. The third kappa shape index (κ3) is 39.9. The lowest BCUT2D eigenvalue weighted by Gasteiger charge is -2.24. The van der Waals surface area contributed by atoms with Gasteiger partial charge in [0, 0.05) is 6.42 Å². The molecular weight excluding hydrogens is 707 g/mol. The summed E-state index contributed by atoms with van der Waals surface area (Å²) in [6.45, 7) is 6.28. The molecule has 3 N–H and O–H groups in total. The quantitative estimate of drug-likeness (QED) is 0.0248. The van der Waals surface area contributed by atoms with Crippen molar-refractivity contribution in [1.82, 2.24) is 5.32 Å². The molecular formula is C51H89NO5. The van der Waals surface area contributed by atoms with E-state index in [1.165, 1.54) is 70.6 Å². The molecule has 0 aliphatic heterocycles. The minimum Gasteiger partial charge on any atom is -0.462 e. The van der Waals surface area contributed by atoms with Crippen molar-refractivity contribution < 1.29 is 24.5 Å². The second-order valence-corrected chi connectivity index (χ2v) is 15.8. The number of carbonyl (C=O) groups excluding carboxylic acids is 2. The molecule has 0 aromatic heterocycles. The molecule has 0 radical (unpaired) electrons. The Kier molecular flexibility index (Phi) is 42.3. The molecule has 0 aromatic rings. The van der Waals surface area contributed by atoms with Gasteiger partial charge in [-0.3, -0.25) is 9.59 Å². The third-order valence-electron chi connectivity index (χ3n) is 10.3. The molecule has 0 saturated heterocycles. The molecule has 0 rings (SSSR count). The summed E-state index contributed by atoms with van der Waals surface area (Å²) in [5.41, 5.74) is 0. The maximum atomic E-state index is 13.1. The summed E-state index contributed by atoms with van der Waals surface area (Å²) in [6, 6.07) is -0.719. The number of esters is 1. The second kappa shape index (κ2) is 44.4. The van der Waals surface area contributed by atoms with Gasteiger partial charge in [-0.15, -0.1) is 0 Å². The van der Waals surface area contributed by atoms with Crippen LogP contribution in [-0.4, -0.2) is 46.9 Å². The maximum absolute atomic E-state index is 13.1. The van der Waals surface area contributed by atoms with Crippen LogP contribution in [0.25, 0.3) is 0 Å². The Morgan fingerprint density at radius 3 is 1.63 bits per heavy atom. The second-order valence-electron chi connectivity index (χ2n) is 15.8. The Labute approximate surface area is 351 Å². The number of amides is 1. The number of aliphatic hydroxyl groups excluding tert-OH is 2. The lowest BCUT2D eigenvalue weighted by molar-refractivity contribution is -0.151. The summed E-state index contributed by atoms with van der Waals surface area (Å²) in [5.74, 6) is -0.541. The maximum Gasteiger partial charge on any atom is 0.306 e. The molecule has 0 aromatic carbocycles. The van der Waals surface area contributed by atoms with E-state index >= 15 is 0 Å². The van der Waals surface area contributed by atoms with Gasteiger partial charge >= 0.3 is 5.97 Å². The van der Waals surface area contributed by atoms with Gasteiger partial charge < -0.3 is 20.3 Å². The van der Waals surface area contributed by atoms with Gasteiger partial charge in [0.05, 0.1) is 25.2 Å². The van der Waals surface area contributed by atoms with E-state index in [-0.39, 0.29) is 24.9 Å². The van der Waals surface area contributed by atoms with E-state index in [2.05, 4.69) is 99.0 Å². The van der Waals surface area contributed by atoms with Gasteiger partial charge in [0.1, 0.15) is 6.10 Å². The molecule has 0 heterocycles. The van der Waals surface area contributed by atoms with Gasteiger partial charge in [0.2, 0.25) is 5.91 Å². The number of hydrogen-bond donors (Lipinski definition) is 3. The van der Waals surface area contributed by atoms with Crippen molar-refractivity contribution in [2.24, 2.45) is 0 Å². The van der Waals surface area contributed by atoms with E-state index in [9.17, 15) is 19.8 Å². The normalized spacial score (nSPS) is 14.0. The van der Waals surface area contributed by atoms with Crippen molar-refractivity contribution in [2.75, 3.05) is 6.61 Å². The molecule has 6 heteroatoms. The standard InChI is InChI=1S/C51H89NO5/c1-4-7-10-13-16-19-22-24-25-27-28-30-33-36-39-42-47(57-51(56)44-41-38-35-32-29-26-23-20-17-14-11-8-5-2)45-50(55)52-48(46-53)49(54)43-40-37-34-31-21-18-15-12-9-6-3/h8,11,14,16-17,19-20,23-25,28,30,47-49,53-54H,4-7,9-10,12-13,15,18,21-22,26-27,29,31-46H2,1-3H3,(H,52,55)/b11-8+,17-14+,19-16-,23-20-,25-24-,30-28-. The van der Waals surface area contributed by atoms with Gasteiger partial charge in [-0.1, -0.05) is 190 Å². The molecule has 328 valence electrons. The van der Waals surface area contributed by atoms with Crippen LogP contribution in [0.3, 0.4) is 0 Å². The fourth-order valence-corrected chi connectivity index (χ4v) is 6.73. The van der Waals surface area contributed by atoms with E-state index in [0.29, 0.717) is 19.3 Å². The van der Waals surface area contributed by atoms with E-state index in [1.807, 2.05) is 0 Å². The van der Waals surface area contributed by atoms with Crippen LogP contribution < -0.4 is 5.32 Å². The zero-order valence-electron chi connectivity index (χ0n) is 37.2. The largest absolute Gasteiger partial charge is 0.462 e. The van der Waals surface area contributed by atoms with Crippen LogP contribution in [0.1, 0.15) is 213 Å². The Bertz CT molecular complexity index is 1070. The van der Waals surface area contributed by atoms with Crippen molar-refractivity contribution in [3.05, 3.63) is 72.9 Å². The van der Waals surface area contributed by atoms with E-state index in [0.717, 1.165) is 96.3 Å². The van der Waals surface area contributed by atoms with Gasteiger partial charge in [-0.05, 0) is 83.5 Å². The molecule has 0 bridgehead atoms. The number of ether oxygens (including phenoxy) is 1. The Morgan fingerprint density at radius 2 is 1.02 bits per heavy atom. The lowest BCUT2D eigenvalue weighted by atomic mass is 10.0. The topological polar surface area (TPSA) is 95.9 Å². The van der Waals surface area contributed by atoms with Crippen LogP contribution >= 0.6 is 0 Å². The SMILES string of the molecule is CC/C=C/C=C/C=C\CCCCCCCC(=O)OC(CCCC/C=C\C/C=C\C/C=C\CCCCC)CC(=O)NC(CO)C(O)CCCCCCCCCCCC. The van der Waals surface area contributed by atoms with Crippen molar-refractivity contribution in [2.45, 2.75) is 232 Å². The molecule has 3 atom stereocenters. The van der Waals surface area contributed by atoms with Crippen molar-refractivity contribution >= 4 is 11.9 Å². The number of unbranched alkanes of at least 4 members (excludes halogenated alkanes) is 19. The summed E-state index contributed by atoms with van der Waals surface area (Å²) in [5, 5.41) is 23.6. The summed E-state index contributed by atoms with van der Waals surface area (Å²) in [4.78, 5) is 26.0. The highest BCUT2D eigenvalue weighted by atomic mass is 16.5. The molecule has 6 nitrogen and oxygen atoms in total. The molecule has 0 spiro atoms. The zero-order valence-corrected chi connectivity index (χ0v) is 37.2. The average molecular weight is 796 g/mol. The van der Waals surface area contributed by atoms with Crippen LogP contribution in [0.15, 0.2) is 72.9 Å².